The van der Waals surface area contributed by atoms with Gasteiger partial charge in [-0.2, -0.15) is 0 Å². The first-order valence-corrected chi connectivity index (χ1v) is 6.52. The van der Waals surface area contributed by atoms with E-state index >= 15 is 0 Å². The topological polar surface area (TPSA) is 37.5 Å². The molecule has 0 aliphatic carbocycles. The molecule has 2 heterocycles. The molecule has 0 aliphatic rings. The Morgan fingerprint density at radius 2 is 1.95 bits per heavy atom. The maximum Gasteiger partial charge on any atom is 0.152 e. The van der Waals surface area contributed by atoms with Gasteiger partial charge in [-0.25, -0.2) is 9.37 Å². The van der Waals surface area contributed by atoms with E-state index in [-0.39, 0.29) is 12.4 Å². The summed E-state index contributed by atoms with van der Waals surface area (Å²) in [5, 5.41) is 9.56. The predicted molar refractivity (Wildman–Crippen MR) is 74.2 cm³/mol. The van der Waals surface area contributed by atoms with E-state index in [1.165, 1.54) is 12.1 Å². The number of rotatable bonds is 2. The summed E-state index contributed by atoms with van der Waals surface area (Å²) in [5.41, 5.74) is 2.85. The van der Waals surface area contributed by atoms with Crippen LogP contribution in [-0.2, 0) is 6.61 Å². The third kappa shape index (κ3) is 2.05. The Kier molecular flexibility index (Phi) is 3.08. The lowest BCUT2D eigenvalue weighted by molar-refractivity contribution is 0.276. The van der Waals surface area contributed by atoms with Crippen LogP contribution >= 0.6 is 15.9 Å². The zero-order valence-corrected chi connectivity index (χ0v) is 11.4. The van der Waals surface area contributed by atoms with Gasteiger partial charge in [-0.15, -0.1) is 0 Å². The van der Waals surface area contributed by atoms with Gasteiger partial charge in [-0.1, -0.05) is 0 Å². The third-order valence-electron chi connectivity index (χ3n) is 2.97. The molecule has 1 aromatic carbocycles. The normalized spacial score (nSPS) is 11.1. The first-order valence-electron chi connectivity index (χ1n) is 5.73. The van der Waals surface area contributed by atoms with E-state index in [2.05, 4.69) is 20.9 Å². The Morgan fingerprint density at radius 1 is 1.21 bits per heavy atom. The van der Waals surface area contributed by atoms with E-state index in [4.69, 9.17) is 0 Å². The van der Waals surface area contributed by atoms with Crippen LogP contribution in [0, 0.1) is 5.82 Å². The Labute approximate surface area is 117 Å². The van der Waals surface area contributed by atoms with Crippen molar-refractivity contribution in [1.29, 1.82) is 0 Å². The minimum atomic E-state index is -0.292. The number of benzene rings is 1. The number of hydrogen-bond acceptors (Lipinski definition) is 2. The fourth-order valence-corrected chi connectivity index (χ4v) is 2.51. The molecule has 0 atom stereocenters. The summed E-state index contributed by atoms with van der Waals surface area (Å²) >= 11 is 3.43. The molecule has 0 spiro atoms. The van der Waals surface area contributed by atoms with Crippen molar-refractivity contribution in [2.75, 3.05) is 0 Å². The van der Waals surface area contributed by atoms with Crippen molar-refractivity contribution in [3.05, 3.63) is 58.6 Å². The Balaban J connectivity index is 2.29. The van der Waals surface area contributed by atoms with Gasteiger partial charge in [0.1, 0.15) is 5.82 Å². The zero-order chi connectivity index (χ0) is 13.4. The van der Waals surface area contributed by atoms with Crippen LogP contribution in [0.2, 0.25) is 0 Å². The predicted octanol–water partition coefficient (Wildman–Crippen LogP) is 3.40. The van der Waals surface area contributed by atoms with E-state index in [1.54, 1.807) is 12.1 Å². The van der Waals surface area contributed by atoms with Gasteiger partial charge in [0.15, 0.2) is 5.65 Å². The molecule has 0 fully saturated rings. The van der Waals surface area contributed by atoms with Crippen LogP contribution < -0.4 is 0 Å². The van der Waals surface area contributed by atoms with Crippen LogP contribution in [0.25, 0.3) is 16.9 Å². The van der Waals surface area contributed by atoms with Crippen molar-refractivity contribution in [3.63, 3.8) is 0 Å². The highest BCUT2D eigenvalue weighted by Gasteiger charge is 2.14. The Bertz CT molecular complexity index is 737. The maximum absolute atomic E-state index is 13.0. The molecule has 0 amide bonds. The van der Waals surface area contributed by atoms with Gasteiger partial charge < -0.3 is 9.51 Å². The van der Waals surface area contributed by atoms with Gasteiger partial charge in [0.05, 0.1) is 22.5 Å². The van der Waals surface area contributed by atoms with Crippen molar-refractivity contribution in [2.45, 2.75) is 6.61 Å². The average molecular weight is 321 g/mol. The standard InChI is InChI=1S/C14H10BrFN2O/c15-11-2-1-7-18-12(8-19)13(17-14(11)18)9-3-5-10(16)6-4-9/h1-7,19H,8H2. The van der Waals surface area contributed by atoms with Gasteiger partial charge in [0.25, 0.3) is 0 Å². The number of halogens is 2. The molecule has 1 N–H and O–H groups in total. The molecule has 0 bridgehead atoms. The summed E-state index contributed by atoms with van der Waals surface area (Å²) in [6.07, 6.45) is 1.84. The van der Waals surface area contributed by atoms with E-state index in [0.29, 0.717) is 11.4 Å². The summed E-state index contributed by atoms with van der Waals surface area (Å²) in [7, 11) is 0. The Morgan fingerprint density at radius 3 is 2.63 bits per heavy atom. The minimum Gasteiger partial charge on any atom is -0.390 e. The number of aromatic nitrogens is 2. The van der Waals surface area contributed by atoms with Crippen LogP contribution in [0.5, 0.6) is 0 Å². The minimum absolute atomic E-state index is 0.135. The quantitative estimate of drug-likeness (QED) is 0.785. The molecule has 3 nitrogen and oxygen atoms in total. The van der Waals surface area contributed by atoms with Crippen molar-refractivity contribution < 1.29 is 9.50 Å². The fraction of sp³-hybridized carbons (Fsp3) is 0.0714. The summed E-state index contributed by atoms with van der Waals surface area (Å²) in [6, 6.07) is 9.84. The van der Waals surface area contributed by atoms with E-state index < -0.39 is 0 Å². The molecule has 19 heavy (non-hydrogen) atoms. The highest BCUT2D eigenvalue weighted by atomic mass is 79.9. The molecular formula is C14H10BrFN2O. The summed E-state index contributed by atoms with van der Waals surface area (Å²) in [4.78, 5) is 4.52. The van der Waals surface area contributed by atoms with E-state index in [1.807, 2.05) is 22.7 Å². The van der Waals surface area contributed by atoms with Crippen molar-refractivity contribution in [3.8, 4) is 11.3 Å². The van der Waals surface area contributed by atoms with Crippen LogP contribution in [0.1, 0.15) is 5.69 Å². The number of hydrogen-bond donors (Lipinski definition) is 1. The molecule has 0 unspecified atom stereocenters. The van der Waals surface area contributed by atoms with Gasteiger partial charge in [-0.3, -0.25) is 0 Å². The second-order valence-electron chi connectivity index (χ2n) is 4.12. The molecule has 3 rings (SSSR count). The van der Waals surface area contributed by atoms with E-state index in [0.717, 1.165) is 15.7 Å². The fourth-order valence-electron chi connectivity index (χ4n) is 2.07. The van der Waals surface area contributed by atoms with Crippen LogP contribution in [0.3, 0.4) is 0 Å². The number of aliphatic hydroxyl groups excluding tert-OH is 1. The molecule has 0 aliphatic heterocycles. The van der Waals surface area contributed by atoms with Gasteiger partial charge in [0, 0.05) is 11.8 Å². The molecule has 0 radical (unpaired) electrons. The number of imidazole rings is 1. The van der Waals surface area contributed by atoms with Crippen LogP contribution in [0.15, 0.2) is 47.1 Å². The second-order valence-corrected chi connectivity index (χ2v) is 4.98. The lowest BCUT2D eigenvalue weighted by Crippen LogP contribution is -1.94. The zero-order valence-electron chi connectivity index (χ0n) is 9.85. The summed E-state index contributed by atoms with van der Waals surface area (Å²) in [5.74, 6) is -0.292. The van der Waals surface area contributed by atoms with Crippen molar-refractivity contribution in [2.24, 2.45) is 0 Å². The molecular weight excluding hydrogens is 311 g/mol. The second kappa shape index (κ2) is 4.75. The number of fused-ring (bicyclic) bond motifs is 1. The first-order chi connectivity index (χ1) is 9.20. The lowest BCUT2D eigenvalue weighted by Gasteiger charge is -2.01. The Hall–Kier alpha value is -1.72. The van der Waals surface area contributed by atoms with Gasteiger partial charge in [-0.05, 0) is 52.3 Å². The summed E-state index contributed by atoms with van der Waals surface area (Å²) in [6.45, 7) is -0.135. The van der Waals surface area contributed by atoms with E-state index in [9.17, 15) is 9.50 Å². The summed E-state index contributed by atoms with van der Waals surface area (Å²) < 4.78 is 15.6. The number of aliphatic hydroxyl groups is 1. The van der Waals surface area contributed by atoms with Crippen LogP contribution in [0.4, 0.5) is 4.39 Å². The molecule has 5 heteroatoms. The first kappa shape index (κ1) is 12.3. The molecule has 0 saturated carbocycles. The average Bonchev–Trinajstić information content (AvgIpc) is 2.79. The SMILES string of the molecule is OCc1c(-c2ccc(F)cc2)nc2c(Br)cccn12. The smallest absolute Gasteiger partial charge is 0.152 e. The largest absolute Gasteiger partial charge is 0.390 e. The molecule has 2 aromatic heterocycles. The number of pyridine rings is 1. The monoisotopic (exact) mass is 320 g/mol. The lowest BCUT2D eigenvalue weighted by atomic mass is 10.1. The molecule has 0 saturated heterocycles. The van der Waals surface area contributed by atoms with Gasteiger partial charge in [0.2, 0.25) is 0 Å². The highest BCUT2D eigenvalue weighted by molar-refractivity contribution is 9.10. The van der Waals surface area contributed by atoms with Crippen molar-refractivity contribution >= 4 is 21.6 Å². The third-order valence-corrected chi connectivity index (χ3v) is 3.59. The molecule has 96 valence electrons. The van der Waals surface area contributed by atoms with Crippen molar-refractivity contribution in [1.82, 2.24) is 9.38 Å². The van der Waals surface area contributed by atoms with Crippen LogP contribution in [-0.4, -0.2) is 14.5 Å². The molecule has 3 aromatic rings. The van der Waals surface area contributed by atoms with Gasteiger partial charge >= 0.3 is 0 Å². The number of nitrogens with zero attached hydrogens (tertiary/aromatic N) is 2. The highest BCUT2D eigenvalue weighted by Crippen LogP contribution is 2.27. The maximum atomic E-state index is 13.0.